The van der Waals surface area contributed by atoms with Gasteiger partial charge in [-0.05, 0) is 45.2 Å². The second-order valence-electron chi connectivity index (χ2n) is 4.01. The highest BCUT2D eigenvalue weighted by Gasteiger charge is 2.01. The van der Waals surface area contributed by atoms with Gasteiger partial charge in [0.1, 0.15) is 0 Å². The van der Waals surface area contributed by atoms with Crippen molar-refractivity contribution in [1.29, 1.82) is 0 Å². The van der Waals surface area contributed by atoms with Crippen LogP contribution in [0.5, 0.6) is 0 Å². The highest BCUT2D eigenvalue weighted by atomic mass is 35.5. The zero-order valence-electron chi connectivity index (χ0n) is 9.63. The Kier molecular flexibility index (Phi) is 4.92. The molecule has 0 aliphatic carbocycles. The van der Waals surface area contributed by atoms with Crippen LogP contribution in [-0.4, -0.2) is 31.1 Å². The van der Waals surface area contributed by atoms with E-state index in [1.165, 1.54) is 0 Å². The summed E-state index contributed by atoms with van der Waals surface area (Å²) in [6.45, 7) is 6.39. The summed E-state index contributed by atoms with van der Waals surface area (Å²) < 4.78 is 0. The van der Waals surface area contributed by atoms with E-state index in [9.17, 15) is 0 Å². The number of rotatable bonds is 5. The van der Waals surface area contributed by atoms with Gasteiger partial charge < -0.3 is 10.2 Å². The van der Waals surface area contributed by atoms with Crippen LogP contribution in [0.1, 0.15) is 13.8 Å². The average Bonchev–Trinajstić information content (AvgIpc) is 2.20. The highest BCUT2D eigenvalue weighted by Crippen LogP contribution is 2.12. The van der Waals surface area contributed by atoms with E-state index in [2.05, 4.69) is 31.1 Å². The van der Waals surface area contributed by atoms with Gasteiger partial charge in [-0.2, -0.15) is 0 Å². The molecule has 1 aromatic carbocycles. The number of hydrogen-bond acceptors (Lipinski definition) is 2. The van der Waals surface area contributed by atoms with Crippen LogP contribution in [0.4, 0.5) is 5.69 Å². The Bertz CT molecular complexity index is 282. The van der Waals surface area contributed by atoms with Gasteiger partial charge in [0.05, 0.1) is 0 Å². The summed E-state index contributed by atoms with van der Waals surface area (Å²) in [5, 5.41) is 4.13. The standard InChI is InChI=1S/C12H19ClN2/c1-10(2)15(3)9-8-14-12-6-4-11(13)5-7-12/h4-7,10,14H,8-9H2,1-3H3. The molecule has 0 aromatic heterocycles. The molecule has 0 fully saturated rings. The molecular weight excluding hydrogens is 208 g/mol. The van der Waals surface area contributed by atoms with Crippen LogP contribution >= 0.6 is 11.6 Å². The summed E-state index contributed by atoms with van der Waals surface area (Å²) in [6, 6.07) is 8.39. The molecule has 0 spiro atoms. The second-order valence-corrected chi connectivity index (χ2v) is 4.44. The molecular formula is C12H19ClN2. The van der Waals surface area contributed by atoms with Crippen LogP contribution in [-0.2, 0) is 0 Å². The highest BCUT2D eigenvalue weighted by molar-refractivity contribution is 6.30. The van der Waals surface area contributed by atoms with Gasteiger partial charge in [0, 0.05) is 29.8 Å². The van der Waals surface area contributed by atoms with Crippen molar-refractivity contribution in [2.75, 3.05) is 25.5 Å². The van der Waals surface area contributed by atoms with Gasteiger partial charge in [0.2, 0.25) is 0 Å². The Morgan fingerprint density at radius 3 is 2.40 bits per heavy atom. The lowest BCUT2D eigenvalue weighted by Gasteiger charge is -2.21. The molecule has 0 saturated heterocycles. The molecule has 1 N–H and O–H groups in total. The van der Waals surface area contributed by atoms with Crippen molar-refractivity contribution in [1.82, 2.24) is 4.90 Å². The number of halogens is 1. The van der Waals surface area contributed by atoms with E-state index in [1.807, 2.05) is 24.3 Å². The first-order chi connectivity index (χ1) is 7.09. The summed E-state index contributed by atoms with van der Waals surface area (Å²) >= 11 is 5.80. The Labute approximate surface area is 97.2 Å². The minimum Gasteiger partial charge on any atom is -0.384 e. The molecule has 0 bridgehead atoms. The normalized spacial score (nSPS) is 11.1. The lowest BCUT2D eigenvalue weighted by Crippen LogP contribution is -2.31. The zero-order chi connectivity index (χ0) is 11.3. The maximum atomic E-state index is 5.80. The quantitative estimate of drug-likeness (QED) is 0.830. The number of nitrogens with one attached hydrogen (secondary N) is 1. The maximum Gasteiger partial charge on any atom is 0.0407 e. The monoisotopic (exact) mass is 226 g/mol. The molecule has 1 aromatic rings. The average molecular weight is 227 g/mol. The van der Waals surface area contributed by atoms with Crippen molar-refractivity contribution in [3.8, 4) is 0 Å². The topological polar surface area (TPSA) is 15.3 Å². The van der Waals surface area contributed by atoms with E-state index in [1.54, 1.807) is 0 Å². The van der Waals surface area contributed by atoms with Crippen LogP contribution in [0.2, 0.25) is 5.02 Å². The van der Waals surface area contributed by atoms with Gasteiger partial charge in [-0.25, -0.2) is 0 Å². The molecule has 0 amide bonds. The molecule has 15 heavy (non-hydrogen) atoms. The lowest BCUT2D eigenvalue weighted by molar-refractivity contribution is 0.284. The zero-order valence-corrected chi connectivity index (χ0v) is 10.4. The van der Waals surface area contributed by atoms with Crippen molar-refractivity contribution < 1.29 is 0 Å². The first-order valence-electron chi connectivity index (χ1n) is 5.29. The molecule has 0 atom stereocenters. The van der Waals surface area contributed by atoms with Crippen LogP contribution in [0.25, 0.3) is 0 Å². The van der Waals surface area contributed by atoms with E-state index in [0.29, 0.717) is 6.04 Å². The smallest absolute Gasteiger partial charge is 0.0407 e. The summed E-state index contributed by atoms with van der Waals surface area (Å²) in [7, 11) is 2.13. The van der Waals surface area contributed by atoms with Gasteiger partial charge in [-0.3, -0.25) is 0 Å². The number of benzene rings is 1. The van der Waals surface area contributed by atoms with Crippen LogP contribution in [0, 0.1) is 0 Å². The van der Waals surface area contributed by atoms with Crippen molar-refractivity contribution in [2.24, 2.45) is 0 Å². The third-order valence-electron chi connectivity index (χ3n) is 2.52. The fraction of sp³-hybridized carbons (Fsp3) is 0.500. The van der Waals surface area contributed by atoms with E-state index in [4.69, 9.17) is 11.6 Å². The van der Waals surface area contributed by atoms with E-state index >= 15 is 0 Å². The van der Waals surface area contributed by atoms with Crippen LogP contribution < -0.4 is 5.32 Å². The summed E-state index contributed by atoms with van der Waals surface area (Å²) in [6.07, 6.45) is 0. The largest absolute Gasteiger partial charge is 0.384 e. The minimum atomic E-state index is 0.594. The van der Waals surface area contributed by atoms with Gasteiger partial charge >= 0.3 is 0 Å². The predicted molar refractivity (Wildman–Crippen MR) is 67.7 cm³/mol. The Morgan fingerprint density at radius 2 is 1.87 bits per heavy atom. The Balaban J connectivity index is 2.29. The molecule has 0 heterocycles. The molecule has 3 heteroatoms. The Hall–Kier alpha value is -0.730. The first kappa shape index (κ1) is 12.3. The SMILES string of the molecule is CC(C)N(C)CCNc1ccc(Cl)cc1. The van der Waals surface area contributed by atoms with Gasteiger partial charge in [0.25, 0.3) is 0 Å². The molecule has 0 saturated carbocycles. The van der Waals surface area contributed by atoms with Gasteiger partial charge in [0.15, 0.2) is 0 Å². The third-order valence-corrected chi connectivity index (χ3v) is 2.77. The summed E-state index contributed by atoms with van der Waals surface area (Å²) in [5.41, 5.74) is 1.12. The van der Waals surface area contributed by atoms with Crippen molar-refractivity contribution in [3.05, 3.63) is 29.3 Å². The van der Waals surface area contributed by atoms with E-state index in [-0.39, 0.29) is 0 Å². The molecule has 84 valence electrons. The molecule has 2 nitrogen and oxygen atoms in total. The van der Waals surface area contributed by atoms with Gasteiger partial charge in [-0.15, -0.1) is 0 Å². The second kappa shape index (κ2) is 5.99. The van der Waals surface area contributed by atoms with Crippen molar-refractivity contribution in [3.63, 3.8) is 0 Å². The maximum absolute atomic E-state index is 5.80. The summed E-state index contributed by atoms with van der Waals surface area (Å²) in [4.78, 5) is 2.31. The van der Waals surface area contributed by atoms with Crippen LogP contribution in [0.3, 0.4) is 0 Å². The van der Waals surface area contributed by atoms with Gasteiger partial charge in [-0.1, -0.05) is 11.6 Å². The fourth-order valence-corrected chi connectivity index (χ4v) is 1.33. The number of likely N-dealkylation sites (N-methyl/N-ethyl adjacent to an activating group) is 1. The van der Waals surface area contributed by atoms with E-state index < -0.39 is 0 Å². The molecule has 0 unspecified atom stereocenters. The number of hydrogen-bond donors (Lipinski definition) is 1. The lowest BCUT2D eigenvalue weighted by atomic mass is 10.3. The molecule has 0 aliphatic rings. The predicted octanol–water partition coefficient (Wildman–Crippen LogP) is 3.09. The molecule has 0 aliphatic heterocycles. The van der Waals surface area contributed by atoms with Crippen molar-refractivity contribution in [2.45, 2.75) is 19.9 Å². The summed E-state index contributed by atoms with van der Waals surface area (Å²) in [5.74, 6) is 0. The molecule has 1 rings (SSSR count). The van der Waals surface area contributed by atoms with Crippen molar-refractivity contribution >= 4 is 17.3 Å². The molecule has 0 radical (unpaired) electrons. The number of nitrogens with zero attached hydrogens (tertiary/aromatic N) is 1. The third kappa shape index (κ3) is 4.54. The van der Waals surface area contributed by atoms with Crippen LogP contribution in [0.15, 0.2) is 24.3 Å². The first-order valence-corrected chi connectivity index (χ1v) is 5.67. The number of anilines is 1. The minimum absolute atomic E-state index is 0.594. The van der Waals surface area contributed by atoms with E-state index in [0.717, 1.165) is 23.8 Å². The Morgan fingerprint density at radius 1 is 1.27 bits per heavy atom. The fourth-order valence-electron chi connectivity index (χ4n) is 1.20.